The number of carbonyl (C=O) groups is 2. The van der Waals surface area contributed by atoms with Crippen LogP contribution in [-0.2, 0) is 16.7 Å². The quantitative estimate of drug-likeness (QED) is 0.268. The first kappa shape index (κ1) is 37.9. The summed E-state index contributed by atoms with van der Waals surface area (Å²) < 4.78 is 58.7. The molecular formula is C33H41ClF3N9O5. The van der Waals surface area contributed by atoms with Crippen molar-refractivity contribution in [3.8, 4) is 5.88 Å². The van der Waals surface area contributed by atoms with E-state index in [1.54, 1.807) is 39.0 Å². The number of imidazole rings is 1. The molecule has 1 fully saturated rings. The number of pyridine rings is 1. The van der Waals surface area contributed by atoms with Crippen LogP contribution in [0.5, 0.6) is 5.88 Å². The van der Waals surface area contributed by atoms with Crippen molar-refractivity contribution in [2.24, 2.45) is 16.6 Å². The highest BCUT2D eigenvalue weighted by Gasteiger charge is 2.56. The van der Waals surface area contributed by atoms with Crippen molar-refractivity contribution in [3.05, 3.63) is 48.3 Å². The minimum atomic E-state index is -3.29. The molecule has 5 heterocycles. The number of alkyl halides is 3. The maximum absolute atomic E-state index is 18.2. The molecule has 14 nitrogen and oxygen atoms in total. The molecule has 0 bridgehead atoms. The number of alkyl carbamates (subject to hydrolysis) is 1. The van der Waals surface area contributed by atoms with E-state index in [2.05, 4.69) is 30.2 Å². The van der Waals surface area contributed by atoms with Gasteiger partial charge in [0.05, 0.1) is 29.2 Å². The van der Waals surface area contributed by atoms with Crippen LogP contribution < -0.4 is 15.8 Å². The van der Waals surface area contributed by atoms with Crippen LogP contribution in [0.15, 0.2) is 41.8 Å². The van der Waals surface area contributed by atoms with Crippen molar-refractivity contribution in [1.29, 1.82) is 0 Å². The van der Waals surface area contributed by atoms with E-state index in [1.807, 2.05) is 20.8 Å². The van der Waals surface area contributed by atoms with Crippen molar-refractivity contribution < 1.29 is 37.3 Å². The number of aromatic nitrogens is 5. The third-order valence-corrected chi connectivity index (χ3v) is 8.87. The van der Waals surface area contributed by atoms with E-state index < -0.39 is 64.7 Å². The molecule has 0 radical (unpaired) electrons. The molecule has 2 aliphatic heterocycles. The highest BCUT2D eigenvalue weighted by molar-refractivity contribution is 6.67. The van der Waals surface area contributed by atoms with Crippen molar-refractivity contribution in [2.75, 3.05) is 13.1 Å². The number of likely N-dealkylation sites (tertiary alicyclic amines) is 1. The molecule has 5 rings (SSSR count). The number of hydrogen-bond acceptors (Lipinski definition) is 11. The number of aliphatic imine (C=N–C) groups is 1. The molecule has 2 amide bonds. The van der Waals surface area contributed by atoms with Crippen molar-refractivity contribution in [3.63, 3.8) is 0 Å². The fourth-order valence-electron chi connectivity index (χ4n) is 6.16. The van der Waals surface area contributed by atoms with E-state index in [0.717, 1.165) is 0 Å². The van der Waals surface area contributed by atoms with Crippen molar-refractivity contribution in [2.45, 2.75) is 95.8 Å². The molecule has 51 heavy (non-hydrogen) atoms. The van der Waals surface area contributed by atoms with Crippen molar-refractivity contribution >= 4 is 45.8 Å². The van der Waals surface area contributed by atoms with Crippen LogP contribution in [0.3, 0.4) is 0 Å². The molecule has 4 atom stereocenters. The number of hydrogen-bond donors (Lipinski definition) is 3. The number of halogens is 4. The van der Waals surface area contributed by atoms with Crippen LogP contribution in [0.4, 0.5) is 22.8 Å². The van der Waals surface area contributed by atoms with E-state index in [9.17, 15) is 23.5 Å². The van der Waals surface area contributed by atoms with Gasteiger partial charge in [0.1, 0.15) is 17.5 Å². The van der Waals surface area contributed by atoms with Gasteiger partial charge in [0.2, 0.25) is 5.79 Å². The molecule has 18 heteroatoms. The molecule has 0 spiro atoms. The van der Waals surface area contributed by atoms with Crippen molar-refractivity contribution in [1.82, 2.24) is 34.7 Å². The Balaban J connectivity index is 1.62. The summed E-state index contributed by atoms with van der Waals surface area (Å²) >= 11 is 6.77. The lowest BCUT2D eigenvalue weighted by Crippen LogP contribution is -2.71. The molecule has 4 N–H and O–H groups in total. The van der Waals surface area contributed by atoms with Gasteiger partial charge < -0.3 is 30.2 Å². The van der Waals surface area contributed by atoms with Crippen LogP contribution >= 0.6 is 11.6 Å². The number of aliphatic hydroxyl groups excluding tert-OH is 1. The van der Waals surface area contributed by atoms with Gasteiger partial charge in [-0.25, -0.2) is 37.7 Å². The third-order valence-electron chi connectivity index (χ3n) is 8.52. The van der Waals surface area contributed by atoms with Gasteiger partial charge in [-0.05, 0) is 51.8 Å². The maximum Gasteiger partial charge on any atom is 0.411 e. The molecule has 4 unspecified atom stereocenters. The second-order valence-corrected chi connectivity index (χ2v) is 15.0. The predicted molar refractivity (Wildman–Crippen MR) is 182 cm³/mol. The van der Waals surface area contributed by atoms with Gasteiger partial charge in [-0.15, -0.1) is 0 Å². The molecule has 3 aromatic rings. The Hall–Kier alpha value is -4.35. The Morgan fingerprint density at radius 2 is 1.90 bits per heavy atom. The lowest BCUT2D eigenvalue weighted by atomic mass is 9.81. The Labute approximate surface area is 297 Å². The minimum absolute atomic E-state index is 0.00315. The van der Waals surface area contributed by atoms with Gasteiger partial charge >= 0.3 is 12.2 Å². The summed E-state index contributed by atoms with van der Waals surface area (Å²) in [5, 5.41) is 12.8. The monoisotopic (exact) mass is 735 g/mol. The van der Waals surface area contributed by atoms with Gasteiger partial charge in [0.15, 0.2) is 16.3 Å². The number of rotatable bonds is 8. The molecule has 3 aromatic heterocycles. The topological polar surface area (TPSA) is 183 Å². The molecular weight excluding hydrogens is 695 g/mol. The number of amides is 2. The lowest BCUT2D eigenvalue weighted by molar-refractivity contribution is -0.112. The van der Waals surface area contributed by atoms with E-state index in [0.29, 0.717) is 5.69 Å². The Morgan fingerprint density at radius 1 is 1.18 bits per heavy atom. The maximum atomic E-state index is 18.2. The zero-order chi connectivity index (χ0) is 37.5. The SMILES string of the molecule is CC(C)(C)OC(=O)NC1(C(O)C(F)F)CCCN(C2(F)C(Cl)=NC(c3ccccn3)=CC2Cn2cnc3c(OC(N)=O)nc(C(C)(C)C)nc32)C1. The highest BCUT2D eigenvalue weighted by Crippen LogP contribution is 2.43. The van der Waals surface area contributed by atoms with E-state index in [4.69, 9.17) is 26.8 Å². The van der Waals surface area contributed by atoms with E-state index in [-0.39, 0.29) is 54.5 Å². The van der Waals surface area contributed by atoms with E-state index >= 15 is 4.39 Å². The third kappa shape index (κ3) is 7.94. The van der Waals surface area contributed by atoms with Crippen LogP contribution in [0.1, 0.15) is 65.9 Å². The summed E-state index contributed by atoms with van der Waals surface area (Å²) in [6.07, 6.45) is -3.46. The summed E-state index contributed by atoms with van der Waals surface area (Å²) in [6, 6.07) is 5.09. The largest absolute Gasteiger partial charge is 0.444 e. The zero-order valence-corrected chi connectivity index (χ0v) is 29.8. The normalized spacial score (nSPS) is 23.8. The predicted octanol–water partition coefficient (Wildman–Crippen LogP) is 4.94. The average molecular weight is 736 g/mol. The number of piperidine rings is 1. The summed E-state index contributed by atoms with van der Waals surface area (Å²) in [7, 11) is 0. The van der Waals surface area contributed by atoms with Gasteiger partial charge in [0, 0.05) is 31.2 Å². The first-order chi connectivity index (χ1) is 23.7. The average Bonchev–Trinajstić information content (AvgIpc) is 3.44. The summed E-state index contributed by atoms with van der Waals surface area (Å²) in [5.74, 6) is -3.80. The second kappa shape index (κ2) is 14.0. The van der Waals surface area contributed by atoms with E-state index in [1.165, 1.54) is 28.1 Å². The number of ether oxygens (including phenoxy) is 2. The Bertz CT molecular complexity index is 1850. The van der Waals surface area contributed by atoms with Crippen LogP contribution in [0.25, 0.3) is 16.9 Å². The smallest absolute Gasteiger partial charge is 0.411 e. The highest BCUT2D eigenvalue weighted by atomic mass is 35.5. The number of carbonyl (C=O) groups excluding carboxylic acids is 2. The number of primary amides is 1. The fourth-order valence-corrected chi connectivity index (χ4v) is 6.51. The first-order valence-electron chi connectivity index (χ1n) is 16.2. The molecule has 0 saturated carbocycles. The standard InChI is InChI=1S/C33H41ClF3N9O5/c1-30(2,3)27-42-24-21(25(43-27)50-28(38)48)40-17-45(24)15-18-14-20(19-10-7-8-12-39-19)41-26(34)33(18,37)46-13-9-11-32(16-46,22(47)23(35)36)44-29(49)51-31(4,5)6/h7-8,10,12,14,17-18,22-23,47H,9,11,13,15-16H2,1-6H3,(H2,38,48)(H,44,49). The molecule has 276 valence electrons. The molecule has 1 saturated heterocycles. The molecule has 0 aliphatic carbocycles. The summed E-state index contributed by atoms with van der Waals surface area (Å²) in [5.41, 5.74) is 2.56. The minimum Gasteiger partial charge on any atom is -0.444 e. The summed E-state index contributed by atoms with van der Waals surface area (Å²) in [6.45, 7) is 9.53. The Kier molecular flexibility index (Phi) is 10.4. The number of fused-ring (bicyclic) bond motifs is 1. The number of nitrogens with two attached hydrogens (primary N) is 1. The zero-order valence-electron chi connectivity index (χ0n) is 29.0. The second-order valence-electron chi connectivity index (χ2n) is 14.6. The van der Waals surface area contributed by atoms with Gasteiger partial charge in [-0.2, -0.15) is 4.98 Å². The Morgan fingerprint density at radius 3 is 2.51 bits per heavy atom. The van der Waals surface area contributed by atoms with Crippen LogP contribution in [0.2, 0.25) is 0 Å². The number of nitrogens with zero attached hydrogens (tertiary/aromatic N) is 7. The van der Waals surface area contributed by atoms with Gasteiger partial charge in [-0.1, -0.05) is 38.4 Å². The number of aliphatic hydroxyl groups is 1. The molecule has 0 aromatic carbocycles. The number of nitrogens with one attached hydrogen (secondary N) is 1. The fraction of sp³-hybridized carbons (Fsp3) is 0.545. The van der Waals surface area contributed by atoms with Crippen LogP contribution in [0, 0.1) is 5.92 Å². The van der Waals surface area contributed by atoms with Gasteiger partial charge in [-0.3, -0.25) is 9.88 Å². The molecule has 2 aliphatic rings. The summed E-state index contributed by atoms with van der Waals surface area (Å²) in [4.78, 5) is 48.0. The van der Waals surface area contributed by atoms with Gasteiger partial charge in [0.25, 0.3) is 12.3 Å². The first-order valence-corrected chi connectivity index (χ1v) is 16.6. The lowest BCUT2D eigenvalue weighted by Gasteiger charge is -2.51. The van der Waals surface area contributed by atoms with Crippen LogP contribution in [-0.4, -0.2) is 94.4 Å².